The minimum atomic E-state index is -0.698. The zero-order valence-electron chi connectivity index (χ0n) is 11.9. The van der Waals surface area contributed by atoms with Crippen molar-refractivity contribution >= 4 is 46.4 Å². The lowest BCUT2D eigenvalue weighted by Crippen LogP contribution is -2.07. The lowest BCUT2D eigenvalue weighted by Gasteiger charge is -2.05. The molecule has 0 bridgehead atoms. The van der Waals surface area contributed by atoms with Crippen molar-refractivity contribution in [2.24, 2.45) is 0 Å². The van der Waals surface area contributed by atoms with Gasteiger partial charge in [0.1, 0.15) is 6.61 Å². The van der Waals surface area contributed by atoms with Crippen LogP contribution in [-0.2, 0) is 4.74 Å². The Kier molecular flexibility index (Phi) is 5.75. The number of hydrogen-bond acceptors (Lipinski definition) is 7. The average Bonchev–Trinajstić information content (AvgIpc) is 2.90. The monoisotopic (exact) mass is 370 g/mol. The van der Waals surface area contributed by atoms with Crippen LogP contribution in [0.2, 0.25) is 0 Å². The Hall–Kier alpha value is -1.90. The number of nitro groups is 1. The van der Waals surface area contributed by atoms with E-state index in [1.807, 2.05) is 12.3 Å². The van der Waals surface area contributed by atoms with Crippen molar-refractivity contribution in [1.82, 2.24) is 4.98 Å². The zero-order chi connectivity index (χ0) is 17.0. The second-order valence-corrected chi connectivity index (χ2v) is 7.07. The third-order valence-electron chi connectivity index (χ3n) is 2.55. The molecule has 0 fully saturated rings. The fourth-order valence-electron chi connectivity index (χ4n) is 1.57. The second-order valence-electron chi connectivity index (χ2n) is 4.39. The van der Waals surface area contributed by atoms with E-state index in [0.717, 1.165) is 5.69 Å². The Balaban J connectivity index is 2.25. The lowest BCUT2D eigenvalue weighted by atomic mass is 10.2. The normalized spacial score (nSPS) is 10.3. The molecule has 1 aromatic carbocycles. The molecule has 0 atom stereocenters. The number of nitro benzene ring substituents is 1. The standard InChI is InChI=1S/C14H11ClN2O4S2/c1-8(15)6-21-13(18)10-3-4-12(11(5-10)17(19)20)23-14-16-9(2)7-22-14/h3-5,7H,1,6H2,2H3. The number of ether oxygens (including phenoxy) is 1. The molecule has 0 spiro atoms. The highest BCUT2D eigenvalue weighted by Crippen LogP contribution is 2.36. The summed E-state index contributed by atoms with van der Waals surface area (Å²) in [5, 5.41) is 13.3. The predicted molar refractivity (Wildman–Crippen MR) is 89.3 cm³/mol. The number of hydrogen-bond donors (Lipinski definition) is 0. The number of aromatic nitrogens is 1. The van der Waals surface area contributed by atoms with Gasteiger partial charge in [0, 0.05) is 22.2 Å². The van der Waals surface area contributed by atoms with E-state index in [1.54, 1.807) is 0 Å². The van der Waals surface area contributed by atoms with E-state index in [0.29, 0.717) is 9.24 Å². The van der Waals surface area contributed by atoms with Gasteiger partial charge in [-0.2, -0.15) is 0 Å². The van der Waals surface area contributed by atoms with E-state index >= 15 is 0 Å². The number of carbonyl (C=O) groups excluding carboxylic acids is 1. The van der Waals surface area contributed by atoms with Crippen LogP contribution in [0.25, 0.3) is 0 Å². The van der Waals surface area contributed by atoms with Crippen LogP contribution in [0, 0.1) is 17.0 Å². The summed E-state index contributed by atoms with van der Waals surface area (Å²) in [6, 6.07) is 4.16. The topological polar surface area (TPSA) is 82.3 Å². The summed E-state index contributed by atoms with van der Waals surface area (Å²) in [7, 11) is 0. The molecule has 0 N–H and O–H groups in total. The number of esters is 1. The third kappa shape index (κ3) is 4.78. The first-order chi connectivity index (χ1) is 10.9. The molecular weight excluding hydrogens is 360 g/mol. The molecule has 120 valence electrons. The number of carbonyl (C=O) groups is 1. The maximum atomic E-state index is 11.8. The number of thiazole rings is 1. The van der Waals surface area contributed by atoms with Crippen LogP contribution in [0.15, 0.2) is 44.4 Å². The molecule has 0 radical (unpaired) electrons. The summed E-state index contributed by atoms with van der Waals surface area (Å²) in [4.78, 5) is 27.2. The fourth-order valence-corrected chi connectivity index (χ4v) is 3.51. The van der Waals surface area contributed by atoms with E-state index in [1.165, 1.54) is 41.3 Å². The van der Waals surface area contributed by atoms with Gasteiger partial charge in [0.05, 0.1) is 15.4 Å². The van der Waals surface area contributed by atoms with Crippen LogP contribution < -0.4 is 0 Å². The molecule has 0 amide bonds. The van der Waals surface area contributed by atoms with Crippen LogP contribution in [0.5, 0.6) is 0 Å². The highest BCUT2D eigenvalue weighted by atomic mass is 35.5. The van der Waals surface area contributed by atoms with E-state index in [9.17, 15) is 14.9 Å². The highest BCUT2D eigenvalue weighted by Gasteiger charge is 2.20. The van der Waals surface area contributed by atoms with E-state index in [4.69, 9.17) is 16.3 Å². The van der Waals surface area contributed by atoms with E-state index in [-0.39, 0.29) is 22.9 Å². The summed E-state index contributed by atoms with van der Waals surface area (Å²) in [5.74, 6) is -0.698. The maximum Gasteiger partial charge on any atom is 0.338 e. The van der Waals surface area contributed by atoms with Crippen LogP contribution in [0.4, 0.5) is 5.69 Å². The molecule has 0 aliphatic rings. The van der Waals surface area contributed by atoms with Crippen LogP contribution in [-0.4, -0.2) is 22.5 Å². The average molecular weight is 371 g/mol. The summed E-state index contributed by atoms with van der Waals surface area (Å²) < 4.78 is 5.57. The van der Waals surface area contributed by atoms with Crippen molar-refractivity contribution in [1.29, 1.82) is 0 Å². The molecular formula is C14H11ClN2O4S2. The SMILES string of the molecule is C=C(Cl)COC(=O)c1ccc(Sc2nc(C)cs2)c([N+](=O)[O-])c1. The van der Waals surface area contributed by atoms with Crippen molar-refractivity contribution in [3.8, 4) is 0 Å². The first kappa shape index (κ1) is 17.5. The third-order valence-corrected chi connectivity index (χ3v) is 4.78. The van der Waals surface area contributed by atoms with Gasteiger partial charge in [0.25, 0.3) is 5.69 Å². The molecule has 2 aromatic rings. The molecule has 2 rings (SSSR count). The Morgan fingerprint density at radius 3 is 2.87 bits per heavy atom. The van der Waals surface area contributed by atoms with Gasteiger partial charge < -0.3 is 4.74 Å². The van der Waals surface area contributed by atoms with E-state index in [2.05, 4.69) is 11.6 Å². The zero-order valence-corrected chi connectivity index (χ0v) is 14.3. The number of benzene rings is 1. The van der Waals surface area contributed by atoms with Gasteiger partial charge in [-0.05, 0) is 19.1 Å². The van der Waals surface area contributed by atoms with Crippen molar-refractivity contribution in [3.05, 3.63) is 56.6 Å². The Morgan fingerprint density at radius 2 is 2.30 bits per heavy atom. The van der Waals surface area contributed by atoms with Gasteiger partial charge in [0.2, 0.25) is 0 Å². The molecule has 0 saturated carbocycles. The van der Waals surface area contributed by atoms with Crippen molar-refractivity contribution < 1.29 is 14.5 Å². The first-order valence-corrected chi connectivity index (χ1v) is 8.33. The molecule has 0 aliphatic heterocycles. The van der Waals surface area contributed by atoms with Gasteiger partial charge in [-0.15, -0.1) is 11.3 Å². The maximum absolute atomic E-state index is 11.8. The smallest absolute Gasteiger partial charge is 0.338 e. The summed E-state index contributed by atoms with van der Waals surface area (Å²) in [6.45, 7) is 5.10. The minimum absolute atomic E-state index is 0.0780. The molecule has 1 aromatic heterocycles. The molecule has 1 heterocycles. The number of nitrogens with zero attached hydrogens (tertiary/aromatic N) is 2. The largest absolute Gasteiger partial charge is 0.456 e. The van der Waals surface area contributed by atoms with Crippen molar-refractivity contribution in [2.45, 2.75) is 16.2 Å². The molecule has 23 heavy (non-hydrogen) atoms. The Bertz CT molecular complexity index is 776. The van der Waals surface area contributed by atoms with Crippen molar-refractivity contribution in [2.75, 3.05) is 6.61 Å². The van der Waals surface area contributed by atoms with Gasteiger partial charge in [-0.1, -0.05) is 29.9 Å². The number of aryl methyl sites for hydroxylation is 1. The van der Waals surface area contributed by atoms with E-state index < -0.39 is 10.9 Å². The number of halogens is 1. The molecule has 9 heteroatoms. The molecule has 0 aliphatic carbocycles. The summed E-state index contributed by atoms with van der Waals surface area (Å²) >= 11 is 8.10. The van der Waals surface area contributed by atoms with Crippen molar-refractivity contribution in [3.63, 3.8) is 0 Å². The quantitative estimate of drug-likeness (QED) is 0.425. The van der Waals surface area contributed by atoms with Gasteiger partial charge in [0.15, 0.2) is 4.34 Å². The van der Waals surface area contributed by atoms with Gasteiger partial charge >= 0.3 is 5.97 Å². The fraction of sp³-hybridized carbons (Fsp3) is 0.143. The molecule has 6 nitrogen and oxygen atoms in total. The second kappa shape index (κ2) is 7.58. The van der Waals surface area contributed by atoms with Crippen LogP contribution in [0.3, 0.4) is 0 Å². The molecule has 0 saturated heterocycles. The number of rotatable bonds is 6. The minimum Gasteiger partial charge on any atom is -0.456 e. The lowest BCUT2D eigenvalue weighted by molar-refractivity contribution is -0.387. The highest BCUT2D eigenvalue weighted by molar-refractivity contribution is 8.01. The van der Waals surface area contributed by atoms with Crippen LogP contribution >= 0.6 is 34.7 Å². The van der Waals surface area contributed by atoms with Crippen LogP contribution in [0.1, 0.15) is 16.1 Å². The Labute approximate surface area is 145 Å². The summed E-state index contributed by atoms with van der Waals surface area (Å²) in [6.07, 6.45) is 0. The first-order valence-electron chi connectivity index (χ1n) is 6.25. The Morgan fingerprint density at radius 1 is 1.57 bits per heavy atom. The van der Waals surface area contributed by atoms with Gasteiger partial charge in [-0.25, -0.2) is 9.78 Å². The predicted octanol–water partition coefficient (Wildman–Crippen LogP) is 4.42. The summed E-state index contributed by atoms with van der Waals surface area (Å²) in [5.41, 5.74) is 0.748. The van der Waals surface area contributed by atoms with Gasteiger partial charge in [-0.3, -0.25) is 10.1 Å². The molecule has 0 unspecified atom stereocenters.